The number of rotatable bonds is 5. The second-order valence-electron chi connectivity index (χ2n) is 7.62. The minimum atomic E-state index is -0.262. The van der Waals surface area contributed by atoms with E-state index < -0.39 is 0 Å². The van der Waals surface area contributed by atoms with Crippen molar-refractivity contribution in [2.45, 2.75) is 39.3 Å². The van der Waals surface area contributed by atoms with Crippen LogP contribution in [-0.4, -0.2) is 28.7 Å². The Morgan fingerprint density at radius 3 is 2.86 bits per heavy atom. The summed E-state index contributed by atoms with van der Waals surface area (Å²) in [5.41, 5.74) is 4.75. The Balaban J connectivity index is 1.76. The fraction of sp³-hybridized carbons (Fsp3) is 0.391. The maximum absolute atomic E-state index is 12.8. The van der Waals surface area contributed by atoms with E-state index in [0.29, 0.717) is 18.2 Å². The van der Waals surface area contributed by atoms with Crippen molar-refractivity contribution in [2.75, 3.05) is 13.2 Å². The van der Waals surface area contributed by atoms with Crippen LogP contribution >= 0.6 is 0 Å². The zero-order valence-electron chi connectivity index (χ0n) is 16.9. The average Bonchev–Trinajstić information content (AvgIpc) is 3.30. The number of nitrogens with one attached hydrogen (secondary N) is 1. The van der Waals surface area contributed by atoms with Crippen molar-refractivity contribution < 1.29 is 14.4 Å². The molecule has 1 aromatic carbocycles. The van der Waals surface area contributed by atoms with Crippen LogP contribution in [0.4, 0.5) is 0 Å². The van der Waals surface area contributed by atoms with Crippen molar-refractivity contribution in [3.8, 4) is 0 Å². The Labute approximate surface area is 165 Å². The van der Waals surface area contributed by atoms with Crippen molar-refractivity contribution in [3.63, 3.8) is 0 Å². The van der Waals surface area contributed by atoms with Crippen molar-refractivity contribution in [3.05, 3.63) is 65.1 Å². The van der Waals surface area contributed by atoms with Crippen LogP contribution in [0.2, 0.25) is 0 Å². The molecule has 1 saturated heterocycles. The number of likely N-dealkylation sites (tertiary alicyclic amines) is 1. The molecule has 1 aliphatic heterocycles. The molecule has 0 amide bonds. The predicted molar refractivity (Wildman–Crippen MR) is 109 cm³/mol. The third-order valence-corrected chi connectivity index (χ3v) is 5.93. The number of quaternary nitrogens is 1. The summed E-state index contributed by atoms with van der Waals surface area (Å²) < 4.78 is 7.60. The summed E-state index contributed by atoms with van der Waals surface area (Å²) in [7, 11) is 2.10. The van der Waals surface area contributed by atoms with Gasteiger partial charge in [-0.2, -0.15) is 0 Å². The van der Waals surface area contributed by atoms with Gasteiger partial charge in [-0.3, -0.25) is 0 Å². The molecule has 3 aromatic rings. The van der Waals surface area contributed by atoms with Gasteiger partial charge in [-0.25, -0.2) is 9.78 Å². The van der Waals surface area contributed by atoms with E-state index in [4.69, 9.17) is 9.72 Å². The van der Waals surface area contributed by atoms with Crippen LogP contribution in [0.5, 0.6) is 0 Å². The molecule has 0 bridgehead atoms. The van der Waals surface area contributed by atoms with E-state index in [1.807, 2.05) is 38.1 Å². The maximum atomic E-state index is 12.8. The number of ether oxygens (including phenoxy) is 1. The molecule has 4 rings (SSSR count). The van der Waals surface area contributed by atoms with E-state index in [9.17, 15) is 4.79 Å². The third kappa shape index (κ3) is 3.31. The molecule has 2 aromatic heterocycles. The van der Waals surface area contributed by atoms with Gasteiger partial charge in [0.05, 0.1) is 29.9 Å². The van der Waals surface area contributed by atoms with Gasteiger partial charge in [-0.15, -0.1) is 0 Å². The molecule has 0 aliphatic carbocycles. The first-order chi connectivity index (χ1) is 13.6. The number of carbonyl (C=O) groups is 1. The first kappa shape index (κ1) is 18.7. The van der Waals surface area contributed by atoms with E-state index in [1.54, 1.807) is 0 Å². The SMILES string of the molecule is CCOC(=O)c1c(C[NH+]2CCC[C@@H]2c2cccn2C)nc2ccccc2c1C. The van der Waals surface area contributed by atoms with Crippen LogP contribution in [0.1, 0.15) is 53.1 Å². The molecule has 5 nitrogen and oxygen atoms in total. The lowest BCUT2D eigenvalue weighted by molar-refractivity contribution is -0.932. The van der Waals surface area contributed by atoms with E-state index in [1.165, 1.54) is 17.0 Å². The molecule has 146 valence electrons. The van der Waals surface area contributed by atoms with Crippen molar-refractivity contribution in [2.24, 2.45) is 7.05 Å². The summed E-state index contributed by atoms with van der Waals surface area (Å²) in [6, 6.07) is 12.8. The number of hydrogen-bond donors (Lipinski definition) is 1. The second-order valence-corrected chi connectivity index (χ2v) is 7.62. The zero-order valence-corrected chi connectivity index (χ0v) is 16.9. The lowest BCUT2D eigenvalue weighted by Gasteiger charge is -2.23. The number of para-hydroxylation sites is 1. The van der Waals surface area contributed by atoms with Gasteiger partial charge in [0.1, 0.15) is 18.3 Å². The van der Waals surface area contributed by atoms with Gasteiger partial charge in [0.2, 0.25) is 0 Å². The molecule has 0 saturated carbocycles. The molecule has 2 atom stereocenters. The van der Waals surface area contributed by atoms with Gasteiger partial charge >= 0.3 is 5.97 Å². The normalized spacial score (nSPS) is 19.2. The standard InChI is InChI=1S/C23H27N3O2/c1-4-28-23(27)22-16(2)17-9-5-6-10-18(17)24-19(22)15-26-14-8-12-21(26)20-11-7-13-25(20)3/h5-7,9-11,13,21H,4,8,12,14-15H2,1-3H3/p+1/t21-/m1/s1. The quantitative estimate of drug-likeness (QED) is 0.695. The Kier molecular flexibility index (Phi) is 5.18. The van der Waals surface area contributed by atoms with Crippen LogP contribution in [0.15, 0.2) is 42.6 Å². The number of aromatic nitrogens is 2. The van der Waals surface area contributed by atoms with E-state index in [2.05, 4.69) is 29.9 Å². The number of aryl methyl sites for hydroxylation is 2. The van der Waals surface area contributed by atoms with Gasteiger partial charge in [0, 0.05) is 31.5 Å². The first-order valence-corrected chi connectivity index (χ1v) is 10.1. The summed E-state index contributed by atoms with van der Waals surface area (Å²) >= 11 is 0. The lowest BCUT2D eigenvalue weighted by Crippen LogP contribution is -3.09. The highest BCUT2D eigenvalue weighted by Gasteiger charge is 2.33. The van der Waals surface area contributed by atoms with E-state index in [0.717, 1.165) is 41.7 Å². The fourth-order valence-electron chi connectivity index (χ4n) is 4.57. The predicted octanol–water partition coefficient (Wildman–Crippen LogP) is 2.98. The molecule has 0 spiro atoms. The van der Waals surface area contributed by atoms with Crippen LogP contribution in [0.3, 0.4) is 0 Å². The van der Waals surface area contributed by atoms with Gasteiger partial charge < -0.3 is 14.2 Å². The molecule has 0 radical (unpaired) electrons. The van der Waals surface area contributed by atoms with Crippen molar-refractivity contribution >= 4 is 16.9 Å². The van der Waals surface area contributed by atoms with Crippen LogP contribution in [0, 0.1) is 6.92 Å². The van der Waals surface area contributed by atoms with Crippen molar-refractivity contribution in [1.82, 2.24) is 9.55 Å². The first-order valence-electron chi connectivity index (χ1n) is 10.1. The fourth-order valence-corrected chi connectivity index (χ4v) is 4.57. The lowest BCUT2D eigenvalue weighted by atomic mass is 10.0. The largest absolute Gasteiger partial charge is 0.462 e. The number of nitrogens with zero attached hydrogens (tertiary/aromatic N) is 2. The van der Waals surface area contributed by atoms with Gasteiger partial charge in [0.15, 0.2) is 0 Å². The second kappa shape index (κ2) is 7.76. The summed E-state index contributed by atoms with van der Waals surface area (Å²) in [6.45, 7) is 6.04. The Hall–Kier alpha value is -2.66. The number of esters is 1. The molecule has 3 heterocycles. The maximum Gasteiger partial charge on any atom is 0.340 e. The summed E-state index contributed by atoms with van der Waals surface area (Å²) in [6.07, 6.45) is 4.45. The van der Waals surface area contributed by atoms with Gasteiger partial charge in [0.25, 0.3) is 0 Å². The minimum Gasteiger partial charge on any atom is -0.462 e. The zero-order chi connectivity index (χ0) is 19.7. The Morgan fingerprint density at radius 1 is 1.29 bits per heavy atom. The van der Waals surface area contributed by atoms with Crippen molar-refractivity contribution in [1.29, 1.82) is 0 Å². The van der Waals surface area contributed by atoms with E-state index in [-0.39, 0.29) is 5.97 Å². The summed E-state index contributed by atoms with van der Waals surface area (Å²) in [5.74, 6) is -0.262. The van der Waals surface area contributed by atoms with Crippen LogP contribution in [-0.2, 0) is 18.3 Å². The molecule has 1 fully saturated rings. The number of pyridine rings is 1. The van der Waals surface area contributed by atoms with E-state index >= 15 is 0 Å². The highest BCUT2D eigenvalue weighted by atomic mass is 16.5. The highest BCUT2D eigenvalue weighted by molar-refractivity contribution is 5.98. The van der Waals surface area contributed by atoms with Crippen LogP contribution in [0.25, 0.3) is 10.9 Å². The molecule has 1 unspecified atom stereocenters. The number of benzene rings is 1. The minimum absolute atomic E-state index is 0.262. The Bertz CT molecular complexity index is 1010. The smallest absolute Gasteiger partial charge is 0.340 e. The summed E-state index contributed by atoms with van der Waals surface area (Å²) in [4.78, 5) is 19.2. The topological polar surface area (TPSA) is 48.6 Å². The van der Waals surface area contributed by atoms with Crippen LogP contribution < -0.4 is 4.90 Å². The molecule has 1 N–H and O–H groups in total. The molecular formula is C23H28N3O2+. The number of carbonyl (C=O) groups excluding carboxylic acids is 1. The third-order valence-electron chi connectivity index (χ3n) is 5.93. The monoisotopic (exact) mass is 378 g/mol. The molecule has 5 heteroatoms. The summed E-state index contributed by atoms with van der Waals surface area (Å²) in [5, 5.41) is 1.02. The number of fused-ring (bicyclic) bond motifs is 1. The molecule has 1 aliphatic rings. The Morgan fingerprint density at radius 2 is 2.11 bits per heavy atom. The number of hydrogen-bond acceptors (Lipinski definition) is 3. The highest BCUT2D eigenvalue weighted by Crippen LogP contribution is 2.25. The van der Waals surface area contributed by atoms with Gasteiger partial charge in [-0.05, 0) is 37.6 Å². The molecular weight excluding hydrogens is 350 g/mol. The molecule has 28 heavy (non-hydrogen) atoms. The average molecular weight is 378 g/mol. The van der Waals surface area contributed by atoms with Gasteiger partial charge in [-0.1, -0.05) is 18.2 Å².